The maximum Gasteiger partial charge on any atom is 0.146 e. The largest absolute Gasteiger partial charge is 0.326 e. The number of unbranched alkanes of at least 4 members (excludes halogenated alkanes) is 1. The summed E-state index contributed by atoms with van der Waals surface area (Å²) in [6.07, 6.45) is 4.77. The molecule has 0 aliphatic carbocycles. The molecule has 2 rings (SSSR count). The minimum absolute atomic E-state index is 0.553. The van der Waals surface area contributed by atoms with Crippen molar-refractivity contribution in [2.24, 2.45) is 5.73 Å². The number of allylic oxidation sites excluding steroid dienone is 2. The first-order valence-corrected chi connectivity index (χ1v) is 8.29. The molecule has 23 heavy (non-hydrogen) atoms. The highest BCUT2D eigenvalue weighted by atomic mass is 16.1. The van der Waals surface area contributed by atoms with Gasteiger partial charge in [0, 0.05) is 6.54 Å². The number of carbonyl (C=O) groups is 1. The molecule has 0 atom stereocenters. The Morgan fingerprint density at radius 2 is 1.65 bits per heavy atom. The van der Waals surface area contributed by atoms with Crippen molar-refractivity contribution in [3.8, 4) is 0 Å². The average molecular weight is 307 g/mol. The third-order valence-electron chi connectivity index (χ3n) is 4.09. The molecular formula is C21H25NO. The zero-order valence-corrected chi connectivity index (χ0v) is 13.8. The summed E-state index contributed by atoms with van der Waals surface area (Å²) < 4.78 is 0. The maximum absolute atomic E-state index is 11.6. The Morgan fingerprint density at radius 1 is 1.00 bits per heavy atom. The van der Waals surface area contributed by atoms with E-state index in [1.165, 1.54) is 5.56 Å². The first kappa shape index (κ1) is 17.2. The fourth-order valence-electron chi connectivity index (χ4n) is 2.69. The molecule has 0 heterocycles. The Morgan fingerprint density at radius 3 is 2.22 bits per heavy atom. The predicted octanol–water partition coefficient (Wildman–Crippen LogP) is 4.53. The molecular weight excluding hydrogens is 282 g/mol. The van der Waals surface area contributed by atoms with Crippen molar-refractivity contribution >= 4 is 11.9 Å². The summed E-state index contributed by atoms with van der Waals surface area (Å²) >= 11 is 0. The molecule has 0 saturated heterocycles. The van der Waals surface area contributed by atoms with Crippen molar-refractivity contribution in [2.45, 2.75) is 39.2 Å². The van der Waals surface area contributed by atoms with Gasteiger partial charge < -0.3 is 5.73 Å². The smallest absolute Gasteiger partial charge is 0.146 e. The zero-order valence-electron chi connectivity index (χ0n) is 13.8. The van der Waals surface area contributed by atoms with Crippen molar-refractivity contribution in [3.63, 3.8) is 0 Å². The second kappa shape index (κ2) is 9.06. The van der Waals surface area contributed by atoms with E-state index in [9.17, 15) is 4.79 Å². The van der Waals surface area contributed by atoms with Crippen molar-refractivity contribution < 1.29 is 4.79 Å². The highest BCUT2D eigenvalue weighted by Crippen LogP contribution is 2.25. The van der Waals surface area contributed by atoms with Crippen molar-refractivity contribution in [1.29, 1.82) is 0 Å². The molecule has 0 aliphatic heterocycles. The van der Waals surface area contributed by atoms with Crippen LogP contribution in [0, 0.1) is 0 Å². The van der Waals surface area contributed by atoms with Crippen LogP contribution in [0.4, 0.5) is 0 Å². The molecule has 0 amide bonds. The molecule has 2 aromatic rings. The normalized spacial score (nSPS) is 11.9. The molecule has 0 radical (unpaired) electrons. The molecule has 0 aliphatic rings. The van der Waals surface area contributed by atoms with Crippen molar-refractivity contribution in [2.75, 3.05) is 0 Å². The van der Waals surface area contributed by atoms with Gasteiger partial charge in [-0.15, -0.1) is 0 Å². The van der Waals surface area contributed by atoms with Crippen LogP contribution in [-0.2, 0) is 17.8 Å². The van der Waals surface area contributed by atoms with Crippen LogP contribution in [0.15, 0.2) is 60.2 Å². The van der Waals surface area contributed by atoms with Gasteiger partial charge in [0.15, 0.2) is 0 Å². The van der Waals surface area contributed by atoms with Gasteiger partial charge in [-0.1, -0.05) is 67.9 Å². The fourth-order valence-corrected chi connectivity index (χ4v) is 2.69. The molecule has 0 bridgehead atoms. The van der Waals surface area contributed by atoms with Crippen LogP contribution in [0.3, 0.4) is 0 Å². The van der Waals surface area contributed by atoms with E-state index in [0.717, 1.165) is 54.2 Å². The molecule has 2 nitrogen and oxygen atoms in total. The SMILES string of the molecule is CCCC/C(C=O)=C(/Cc1ccc(CN)cc1)c1ccccc1. The predicted molar refractivity (Wildman–Crippen MR) is 97.0 cm³/mol. The van der Waals surface area contributed by atoms with Gasteiger partial charge in [0.1, 0.15) is 6.29 Å². The Bertz CT molecular complexity index is 641. The monoisotopic (exact) mass is 307 g/mol. The molecule has 0 aromatic heterocycles. The molecule has 0 fully saturated rings. The average Bonchev–Trinajstić information content (AvgIpc) is 2.62. The number of hydrogen-bond donors (Lipinski definition) is 1. The lowest BCUT2D eigenvalue weighted by Gasteiger charge is -2.13. The van der Waals surface area contributed by atoms with E-state index in [-0.39, 0.29) is 0 Å². The maximum atomic E-state index is 11.6. The molecule has 0 spiro atoms. The summed E-state index contributed by atoms with van der Waals surface area (Å²) in [7, 11) is 0. The van der Waals surface area contributed by atoms with Crippen LogP contribution < -0.4 is 5.73 Å². The lowest BCUT2D eigenvalue weighted by atomic mass is 9.91. The van der Waals surface area contributed by atoms with Gasteiger partial charge in [-0.25, -0.2) is 0 Å². The standard InChI is InChI=1S/C21H25NO/c1-2-3-7-20(16-23)21(19-8-5-4-6-9-19)14-17-10-12-18(15-22)13-11-17/h4-6,8-13,16H,2-3,7,14-15,22H2,1H3/b21-20+. The second-order valence-electron chi connectivity index (χ2n) is 5.79. The number of aldehydes is 1. The van der Waals surface area contributed by atoms with Gasteiger partial charge in [0.2, 0.25) is 0 Å². The quantitative estimate of drug-likeness (QED) is 0.575. The van der Waals surface area contributed by atoms with Crippen LogP contribution in [0.1, 0.15) is 42.9 Å². The van der Waals surface area contributed by atoms with E-state index in [1.54, 1.807) is 0 Å². The first-order valence-electron chi connectivity index (χ1n) is 8.29. The Balaban J connectivity index is 2.36. The summed E-state index contributed by atoms with van der Waals surface area (Å²) in [4.78, 5) is 11.6. The number of nitrogens with two attached hydrogens (primary N) is 1. The molecule has 2 heteroatoms. The van der Waals surface area contributed by atoms with E-state index in [1.807, 2.05) is 18.2 Å². The first-order chi connectivity index (χ1) is 11.3. The lowest BCUT2D eigenvalue weighted by Crippen LogP contribution is -2.00. The molecule has 0 saturated carbocycles. The highest BCUT2D eigenvalue weighted by molar-refractivity contribution is 5.88. The van der Waals surface area contributed by atoms with Crippen LogP contribution in [0.5, 0.6) is 0 Å². The van der Waals surface area contributed by atoms with Crippen LogP contribution >= 0.6 is 0 Å². The zero-order chi connectivity index (χ0) is 16.5. The minimum Gasteiger partial charge on any atom is -0.326 e. The van der Waals surface area contributed by atoms with E-state index < -0.39 is 0 Å². The number of hydrogen-bond acceptors (Lipinski definition) is 2. The molecule has 0 unspecified atom stereocenters. The van der Waals surface area contributed by atoms with E-state index >= 15 is 0 Å². The summed E-state index contributed by atoms with van der Waals surface area (Å²) in [5, 5.41) is 0. The summed E-state index contributed by atoms with van der Waals surface area (Å²) in [5.41, 5.74) is 11.2. The fraction of sp³-hybridized carbons (Fsp3) is 0.286. The summed E-state index contributed by atoms with van der Waals surface area (Å²) in [5.74, 6) is 0. The third kappa shape index (κ3) is 4.90. The van der Waals surface area contributed by atoms with E-state index in [2.05, 4.69) is 43.3 Å². The molecule has 2 N–H and O–H groups in total. The van der Waals surface area contributed by atoms with E-state index in [0.29, 0.717) is 6.54 Å². The second-order valence-corrected chi connectivity index (χ2v) is 5.79. The van der Waals surface area contributed by atoms with Gasteiger partial charge in [-0.2, -0.15) is 0 Å². The summed E-state index contributed by atoms with van der Waals surface area (Å²) in [6.45, 7) is 2.70. The molecule has 2 aromatic carbocycles. The van der Waals surface area contributed by atoms with Crippen LogP contribution in [0.2, 0.25) is 0 Å². The Hall–Kier alpha value is -2.19. The van der Waals surface area contributed by atoms with Gasteiger partial charge in [0.25, 0.3) is 0 Å². The van der Waals surface area contributed by atoms with Crippen LogP contribution in [0.25, 0.3) is 5.57 Å². The lowest BCUT2D eigenvalue weighted by molar-refractivity contribution is -0.105. The third-order valence-corrected chi connectivity index (χ3v) is 4.09. The van der Waals surface area contributed by atoms with E-state index in [4.69, 9.17) is 5.73 Å². The van der Waals surface area contributed by atoms with Crippen molar-refractivity contribution in [3.05, 3.63) is 76.9 Å². The van der Waals surface area contributed by atoms with Gasteiger partial charge in [-0.05, 0) is 47.1 Å². The molecule has 120 valence electrons. The van der Waals surface area contributed by atoms with Gasteiger partial charge in [0.05, 0.1) is 0 Å². The van der Waals surface area contributed by atoms with Gasteiger partial charge >= 0.3 is 0 Å². The minimum atomic E-state index is 0.553. The van der Waals surface area contributed by atoms with Crippen LogP contribution in [-0.4, -0.2) is 6.29 Å². The number of benzene rings is 2. The Kier molecular flexibility index (Phi) is 6.76. The number of carbonyl (C=O) groups excluding carboxylic acids is 1. The number of rotatable bonds is 8. The van der Waals surface area contributed by atoms with Crippen molar-refractivity contribution in [1.82, 2.24) is 0 Å². The highest BCUT2D eigenvalue weighted by Gasteiger charge is 2.10. The Labute approximate surface area is 139 Å². The topological polar surface area (TPSA) is 43.1 Å². The van der Waals surface area contributed by atoms with Gasteiger partial charge in [-0.3, -0.25) is 4.79 Å². The summed E-state index contributed by atoms with van der Waals surface area (Å²) in [6, 6.07) is 18.5.